The zero-order chi connectivity index (χ0) is 20.1. The first-order valence-electron chi connectivity index (χ1n) is 9.62. The van der Waals surface area contributed by atoms with E-state index in [2.05, 4.69) is 39.4 Å². The van der Waals surface area contributed by atoms with Crippen LogP contribution in [-0.2, 0) is 0 Å². The number of amides is 1. The summed E-state index contributed by atoms with van der Waals surface area (Å²) in [6.45, 7) is 2.64. The van der Waals surface area contributed by atoms with Gasteiger partial charge in [0.05, 0.1) is 18.7 Å². The molecule has 0 bridgehead atoms. The minimum atomic E-state index is -0.173. The second kappa shape index (κ2) is 9.30. The maximum Gasteiger partial charge on any atom is 0.255 e. The molecule has 5 nitrogen and oxygen atoms in total. The van der Waals surface area contributed by atoms with Crippen molar-refractivity contribution in [2.75, 3.05) is 45.7 Å². The molecule has 28 heavy (non-hydrogen) atoms. The molecule has 6 heteroatoms. The average molecular weight is 402 g/mol. The van der Waals surface area contributed by atoms with Gasteiger partial charge in [-0.15, -0.1) is 0 Å². The van der Waals surface area contributed by atoms with Gasteiger partial charge in [-0.1, -0.05) is 23.7 Å². The van der Waals surface area contributed by atoms with Crippen molar-refractivity contribution < 1.29 is 9.53 Å². The molecular formula is C22H28ClN3O2. The lowest BCUT2D eigenvalue weighted by molar-refractivity contribution is 0.0935. The Morgan fingerprint density at radius 1 is 1.18 bits per heavy atom. The van der Waals surface area contributed by atoms with E-state index in [1.54, 1.807) is 25.3 Å². The summed E-state index contributed by atoms with van der Waals surface area (Å²) in [7, 11) is 5.62. The monoisotopic (exact) mass is 401 g/mol. The Kier molecular flexibility index (Phi) is 6.81. The van der Waals surface area contributed by atoms with Crippen LogP contribution in [0.3, 0.4) is 0 Å². The molecule has 1 aliphatic heterocycles. The van der Waals surface area contributed by atoms with Crippen LogP contribution in [0.15, 0.2) is 42.5 Å². The Morgan fingerprint density at radius 3 is 2.46 bits per heavy atom. The molecule has 1 saturated heterocycles. The van der Waals surface area contributed by atoms with Crippen LogP contribution >= 0.6 is 11.6 Å². The number of hydrogen-bond acceptors (Lipinski definition) is 4. The molecule has 0 aliphatic carbocycles. The first-order valence-corrected chi connectivity index (χ1v) is 10.0. The molecule has 2 aromatic carbocycles. The number of rotatable bonds is 7. The Morgan fingerprint density at radius 2 is 1.86 bits per heavy atom. The van der Waals surface area contributed by atoms with Gasteiger partial charge < -0.3 is 15.0 Å². The van der Waals surface area contributed by atoms with Crippen molar-refractivity contribution in [3.63, 3.8) is 0 Å². The number of nitrogens with zero attached hydrogens (tertiary/aromatic N) is 2. The van der Waals surface area contributed by atoms with Gasteiger partial charge in [0.2, 0.25) is 0 Å². The summed E-state index contributed by atoms with van der Waals surface area (Å²) in [5, 5.41) is 3.60. The molecular weight excluding hydrogens is 374 g/mol. The fourth-order valence-corrected chi connectivity index (χ4v) is 3.82. The highest BCUT2D eigenvalue weighted by atomic mass is 35.5. The highest BCUT2D eigenvalue weighted by Gasteiger charge is 2.24. The number of methoxy groups -OCH3 is 1. The van der Waals surface area contributed by atoms with Crippen LogP contribution in [0.25, 0.3) is 0 Å². The molecule has 1 heterocycles. The van der Waals surface area contributed by atoms with E-state index in [1.807, 2.05) is 14.1 Å². The Bertz CT molecular complexity index is 802. The van der Waals surface area contributed by atoms with Gasteiger partial charge in [0, 0.05) is 31.4 Å². The van der Waals surface area contributed by atoms with Gasteiger partial charge in [0.15, 0.2) is 0 Å². The van der Waals surface area contributed by atoms with Crippen LogP contribution < -0.4 is 15.0 Å². The molecule has 2 aromatic rings. The number of halogens is 1. The first kappa shape index (κ1) is 20.5. The second-order valence-electron chi connectivity index (χ2n) is 7.30. The van der Waals surface area contributed by atoms with Crippen LogP contribution in [-0.4, -0.2) is 51.6 Å². The zero-order valence-electron chi connectivity index (χ0n) is 16.7. The van der Waals surface area contributed by atoms with Gasteiger partial charge >= 0.3 is 0 Å². The molecule has 1 N–H and O–H groups in total. The minimum absolute atomic E-state index is 0.146. The Balaban J connectivity index is 1.77. The lowest BCUT2D eigenvalue weighted by Crippen LogP contribution is -2.37. The van der Waals surface area contributed by atoms with Crippen molar-refractivity contribution in [1.29, 1.82) is 0 Å². The lowest BCUT2D eigenvalue weighted by atomic mass is 10.0. The molecule has 1 fully saturated rings. The average Bonchev–Trinajstić information content (AvgIpc) is 3.22. The van der Waals surface area contributed by atoms with Gasteiger partial charge in [-0.2, -0.15) is 0 Å². The lowest BCUT2D eigenvalue weighted by Gasteiger charge is -2.28. The van der Waals surface area contributed by atoms with Crippen LogP contribution in [0, 0.1) is 0 Å². The quantitative estimate of drug-likeness (QED) is 0.762. The highest BCUT2D eigenvalue weighted by molar-refractivity contribution is 6.31. The van der Waals surface area contributed by atoms with E-state index in [0.29, 0.717) is 22.9 Å². The van der Waals surface area contributed by atoms with Crippen molar-refractivity contribution in [1.82, 2.24) is 10.2 Å². The molecule has 1 amide bonds. The molecule has 3 rings (SSSR count). The third-order valence-electron chi connectivity index (χ3n) is 5.24. The van der Waals surface area contributed by atoms with Crippen molar-refractivity contribution in [3.8, 4) is 5.75 Å². The number of carbonyl (C=O) groups is 1. The summed E-state index contributed by atoms with van der Waals surface area (Å²) in [6, 6.07) is 13.8. The molecule has 1 atom stereocenters. The minimum Gasteiger partial charge on any atom is -0.496 e. The third kappa shape index (κ3) is 4.78. The predicted molar refractivity (Wildman–Crippen MR) is 115 cm³/mol. The van der Waals surface area contributed by atoms with E-state index in [-0.39, 0.29) is 11.9 Å². The number of anilines is 1. The van der Waals surface area contributed by atoms with Gasteiger partial charge in [-0.3, -0.25) is 9.69 Å². The first-order chi connectivity index (χ1) is 13.5. The van der Waals surface area contributed by atoms with Gasteiger partial charge in [-0.05, 0) is 61.8 Å². The smallest absolute Gasteiger partial charge is 0.255 e. The van der Waals surface area contributed by atoms with Gasteiger partial charge in [0.25, 0.3) is 5.91 Å². The summed E-state index contributed by atoms with van der Waals surface area (Å²) < 4.78 is 5.31. The van der Waals surface area contributed by atoms with Crippen molar-refractivity contribution in [3.05, 3.63) is 58.6 Å². The number of ether oxygens (including phenoxy) is 1. The van der Waals surface area contributed by atoms with E-state index >= 15 is 0 Å². The molecule has 1 aliphatic rings. The van der Waals surface area contributed by atoms with Crippen LogP contribution in [0.4, 0.5) is 5.69 Å². The molecule has 0 radical (unpaired) electrons. The van der Waals surface area contributed by atoms with E-state index < -0.39 is 0 Å². The maximum atomic E-state index is 12.8. The second-order valence-corrected chi connectivity index (χ2v) is 7.74. The van der Waals surface area contributed by atoms with E-state index in [4.69, 9.17) is 16.3 Å². The summed E-state index contributed by atoms with van der Waals surface area (Å²) in [5.41, 5.74) is 2.83. The molecule has 1 unspecified atom stereocenters. The predicted octanol–water partition coefficient (Wildman–Crippen LogP) is 3.98. The van der Waals surface area contributed by atoms with E-state index in [0.717, 1.165) is 18.8 Å². The SMILES string of the molecule is COc1ccc(Cl)cc1C(=O)NCC(c1ccc(N(C)C)cc1)N1CCCC1. The van der Waals surface area contributed by atoms with E-state index in [1.165, 1.54) is 18.4 Å². The van der Waals surface area contributed by atoms with Crippen molar-refractivity contribution in [2.24, 2.45) is 0 Å². The van der Waals surface area contributed by atoms with Crippen LogP contribution in [0.1, 0.15) is 34.8 Å². The largest absolute Gasteiger partial charge is 0.496 e. The number of likely N-dealkylation sites (tertiary alicyclic amines) is 1. The standard InChI is InChI=1S/C22H28ClN3O2/c1-25(2)18-9-6-16(7-10-18)20(26-12-4-5-13-26)15-24-22(27)19-14-17(23)8-11-21(19)28-3/h6-11,14,20H,4-5,12-13,15H2,1-3H3,(H,24,27). The number of carbonyl (C=O) groups excluding carboxylic acids is 1. The van der Waals surface area contributed by atoms with Crippen LogP contribution in [0.2, 0.25) is 5.02 Å². The Hall–Kier alpha value is -2.24. The van der Waals surface area contributed by atoms with Crippen LogP contribution in [0.5, 0.6) is 5.75 Å². The normalized spacial score (nSPS) is 15.3. The summed E-state index contributed by atoms with van der Waals surface area (Å²) in [5.74, 6) is 0.350. The molecule has 0 aromatic heterocycles. The molecule has 0 spiro atoms. The van der Waals surface area contributed by atoms with Gasteiger partial charge in [0.1, 0.15) is 5.75 Å². The number of benzene rings is 2. The topological polar surface area (TPSA) is 44.8 Å². The van der Waals surface area contributed by atoms with Crippen molar-refractivity contribution >= 4 is 23.2 Å². The zero-order valence-corrected chi connectivity index (χ0v) is 17.5. The van der Waals surface area contributed by atoms with E-state index in [9.17, 15) is 4.79 Å². The Labute approximate surface area is 172 Å². The third-order valence-corrected chi connectivity index (χ3v) is 5.47. The fraction of sp³-hybridized carbons (Fsp3) is 0.409. The summed E-state index contributed by atoms with van der Waals surface area (Å²) in [4.78, 5) is 17.3. The summed E-state index contributed by atoms with van der Waals surface area (Å²) >= 11 is 6.07. The van der Waals surface area contributed by atoms with Crippen molar-refractivity contribution in [2.45, 2.75) is 18.9 Å². The van der Waals surface area contributed by atoms with Gasteiger partial charge in [-0.25, -0.2) is 0 Å². The number of hydrogen-bond donors (Lipinski definition) is 1. The molecule has 150 valence electrons. The maximum absolute atomic E-state index is 12.8. The number of nitrogens with one attached hydrogen (secondary N) is 1. The molecule has 0 saturated carbocycles. The fourth-order valence-electron chi connectivity index (χ4n) is 3.65. The summed E-state index contributed by atoms with van der Waals surface area (Å²) in [6.07, 6.45) is 2.39. The highest BCUT2D eigenvalue weighted by Crippen LogP contribution is 2.27.